The van der Waals surface area contributed by atoms with Crippen molar-refractivity contribution in [3.05, 3.63) is 36.1 Å². The third-order valence-corrected chi connectivity index (χ3v) is 1.34. The van der Waals surface area contributed by atoms with Gasteiger partial charge in [-0.2, -0.15) is 5.26 Å². The highest BCUT2D eigenvalue weighted by atomic mass is 14.5. The van der Waals surface area contributed by atoms with Crippen LogP contribution in [0.15, 0.2) is 36.1 Å². The van der Waals surface area contributed by atoms with Crippen LogP contribution < -0.4 is 5.73 Å². The maximum Gasteiger partial charge on any atom is 0.0988 e. The van der Waals surface area contributed by atoms with Crippen LogP contribution in [0.2, 0.25) is 0 Å². The summed E-state index contributed by atoms with van der Waals surface area (Å²) >= 11 is 0. The first-order chi connectivity index (χ1) is 5.85. The Kier molecular flexibility index (Phi) is 6.67. The summed E-state index contributed by atoms with van der Waals surface area (Å²) in [6.07, 6.45) is 10.8. The number of allylic oxidation sites excluding steroid dienone is 5. The second-order valence-electron chi connectivity index (χ2n) is 2.28. The standard InChI is InChI=1S/C10H14N2/c1-2-3-4-5-6-10(9-12)7-8-11/h2-3,6-8H,4-5,11H2,1H3/b3-2-,8-7-,10-6+. The number of rotatable bonds is 4. The molecule has 0 unspecified atom stereocenters. The Morgan fingerprint density at radius 1 is 1.50 bits per heavy atom. The van der Waals surface area contributed by atoms with Crippen molar-refractivity contribution >= 4 is 0 Å². The van der Waals surface area contributed by atoms with Gasteiger partial charge in [-0.3, -0.25) is 0 Å². The second kappa shape index (κ2) is 7.62. The Morgan fingerprint density at radius 2 is 2.25 bits per heavy atom. The van der Waals surface area contributed by atoms with Gasteiger partial charge in [-0.1, -0.05) is 18.2 Å². The molecule has 0 aromatic heterocycles. The van der Waals surface area contributed by atoms with Gasteiger partial charge in [-0.25, -0.2) is 0 Å². The molecule has 0 rings (SSSR count). The molecule has 0 aromatic carbocycles. The first kappa shape index (κ1) is 10.5. The van der Waals surface area contributed by atoms with Gasteiger partial charge in [0.25, 0.3) is 0 Å². The topological polar surface area (TPSA) is 49.8 Å². The van der Waals surface area contributed by atoms with E-state index in [1.54, 1.807) is 6.08 Å². The fourth-order valence-electron chi connectivity index (χ4n) is 0.756. The molecule has 0 saturated carbocycles. The molecule has 2 heteroatoms. The maximum absolute atomic E-state index is 8.57. The Labute approximate surface area is 73.7 Å². The number of nitrogens with zero attached hydrogens (tertiary/aromatic N) is 1. The first-order valence-electron chi connectivity index (χ1n) is 3.94. The number of hydrogen-bond acceptors (Lipinski definition) is 2. The van der Waals surface area contributed by atoms with Crippen molar-refractivity contribution in [3.63, 3.8) is 0 Å². The van der Waals surface area contributed by atoms with E-state index < -0.39 is 0 Å². The molecule has 0 bridgehead atoms. The molecule has 0 aliphatic heterocycles. The monoisotopic (exact) mass is 162 g/mol. The van der Waals surface area contributed by atoms with Crippen molar-refractivity contribution in [2.24, 2.45) is 5.73 Å². The molecular weight excluding hydrogens is 148 g/mol. The Hall–Kier alpha value is -1.49. The molecule has 0 heterocycles. The molecule has 0 spiro atoms. The third kappa shape index (κ3) is 5.31. The van der Waals surface area contributed by atoms with Gasteiger partial charge in [0.1, 0.15) is 0 Å². The number of hydrogen-bond donors (Lipinski definition) is 1. The quantitative estimate of drug-likeness (QED) is 0.298. The SMILES string of the molecule is C/C=C\CC/C=C(C#N)\C=C/N. The molecular formula is C10H14N2. The summed E-state index contributed by atoms with van der Waals surface area (Å²) in [4.78, 5) is 0. The van der Waals surface area contributed by atoms with E-state index in [1.165, 1.54) is 6.20 Å². The van der Waals surface area contributed by atoms with Gasteiger partial charge in [-0.05, 0) is 32.0 Å². The van der Waals surface area contributed by atoms with Crippen LogP contribution in [-0.2, 0) is 0 Å². The highest BCUT2D eigenvalue weighted by Gasteiger charge is 1.85. The molecule has 0 radical (unpaired) electrons. The minimum absolute atomic E-state index is 0.627. The van der Waals surface area contributed by atoms with Crippen molar-refractivity contribution in [3.8, 4) is 6.07 Å². The fraction of sp³-hybridized carbons (Fsp3) is 0.300. The summed E-state index contributed by atoms with van der Waals surface area (Å²) in [5, 5.41) is 8.57. The fourth-order valence-corrected chi connectivity index (χ4v) is 0.756. The van der Waals surface area contributed by atoms with Gasteiger partial charge in [0.05, 0.1) is 6.07 Å². The Bertz CT molecular complexity index is 229. The molecule has 0 aromatic rings. The highest BCUT2D eigenvalue weighted by molar-refractivity contribution is 5.32. The van der Waals surface area contributed by atoms with Crippen molar-refractivity contribution in [1.29, 1.82) is 5.26 Å². The van der Waals surface area contributed by atoms with Crippen molar-refractivity contribution < 1.29 is 0 Å². The van der Waals surface area contributed by atoms with Crippen LogP contribution in [-0.4, -0.2) is 0 Å². The van der Waals surface area contributed by atoms with Crippen LogP contribution >= 0.6 is 0 Å². The molecule has 12 heavy (non-hydrogen) atoms. The van der Waals surface area contributed by atoms with E-state index in [-0.39, 0.29) is 0 Å². The lowest BCUT2D eigenvalue weighted by Gasteiger charge is -1.87. The number of nitriles is 1. The molecule has 0 aliphatic rings. The van der Waals surface area contributed by atoms with Crippen LogP contribution in [0.1, 0.15) is 19.8 Å². The zero-order valence-corrected chi connectivity index (χ0v) is 7.33. The molecule has 2 N–H and O–H groups in total. The lowest BCUT2D eigenvalue weighted by atomic mass is 10.2. The zero-order chi connectivity index (χ0) is 9.23. The first-order valence-corrected chi connectivity index (χ1v) is 3.94. The highest BCUT2D eigenvalue weighted by Crippen LogP contribution is 1.99. The van der Waals surface area contributed by atoms with Gasteiger partial charge in [-0.15, -0.1) is 0 Å². The van der Waals surface area contributed by atoms with Crippen LogP contribution in [0.4, 0.5) is 0 Å². The van der Waals surface area contributed by atoms with Gasteiger partial charge in [0, 0.05) is 5.57 Å². The van der Waals surface area contributed by atoms with E-state index >= 15 is 0 Å². The van der Waals surface area contributed by atoms with E-state index in [0.717, 1.165) is 12.8 Å². The average Bonchev–Trinajstić information content (AvgIpc) is 2.10. The van der Waals surface area contributed by atoms with Crippen molar-refractivity contribution in [1.82, 2.24) is 0 Å². The van der Waals surface area contributed by atoms with E-state index in [1.807, 2.05) is 19.1 Å². The van der Waals surface area contributed by atoms with Crippen molar-refractivity contribution in [2.45, 2.75) is 19.8 Å². The maximum atomic E-state index is 8.57. The Morgan fingerprint density at radius 3 is 2.75 bits per heavy atom. The van der Waals surface area contributed by atoms with E-state index in [4.69, 9.17) is 11.0 Å². The smallest absolute Gasteiger partial charge is 0.0988 e. The van der Waals surface area contributed by atoms with Gasteiger partial charge in [0.2, 0.25) is 0 Å². The largest absolute Gasteiger partial charge is 0.405 e. The van der Waals surface area contributed by atoms with Crippen LogP contribution in [0.3, 0.4) is 0 Å². The second-order valence-corrected chi connectivity index (χ2v) is 2.28. The third-order valence-electron chi connectivity index (χ3n) is 1.34. The predicted molar refractivity (Wildman–Crippen MR) is 51.1 cm³/mol. The van der Waals surface area contributed by atoms with Crippen molar-refractivity contribution in [2.75, 3.05) is 0 Å². The summed E-state index contributed by atoms with van der Waals surface area (Å²) in [6.45, 7) is 1.98. The van der Waals surface area contributed by atoms with E-state index in [0.29, 0.717) is 5.57 Å². The summed E-state index contributed by atoms with van der Waals surface area (Å²) in [5.74, 6) is 0. The number of unbranched alkanes of at least 4 members (excludes halogenated alkanes) is 1. The molecule has 0 saturated heterocycles. The van der Waals surface area contributed by atoms with Crippen LogP contribution in [0.25, 0.3) is 0 Å². The lowest BCUT2D eigenvalue weighted by molar-refractivity contribution is 1.04. The van der Waals surface area contributed by atoms with E-state index in [2.05, 4.69) is 12.1 Å². The summed E-state index contributed by atoms with van der Waals surface area (Å²) in [5.41, 5.74) is 5.78. The molecule has 0 aliphatic carbocycles. The molecule has 0 amide bonds. The van der Waals surface area contributed by atoms with E-state index in [9.17, 15) is 0 Å². The molecule has 0 fully saturated rings. The normalized spacial score (nSPS) is 12.5. The van der Waals surface area contributed by atoms with Gasteiger partial charge < -0.3 is 5.73 Å². The molecule has 64 valence electrons. The minimum Gasteiger partial charge on any atom is -0.405 e. The van der Waals surface area contributed by atoms with Gasteiger partial charge in [0.15, 0.2) is 0 Å². The molecule has 2 nitrogen and oxygen atoms in total. The van der Waals surface area contributed by atoms with Gasteiger partial charge >= 0.3 is 0 Å². The minimum atomic E-state index is 0.627. The molecule has 0 atom stereocenters. The lowest BCUT2D eigenvalue weighted by Crippen LogP contribution is -1.79. The summed E-state index contributed by atoms with van der Waals surface area (Å²) < 4.78 is 0. The number of nitrogens with two attached hydrogens (primary N) is 1. The van der Waals surface area contributed by atoms with Crippen LogP contribution in [0, 0.1) is 11.3 Å². The summed E-state index contributed by atoms with van der Waals surface area (Å²) in [7, 11) is 0. The van der Waals surface area contributed by atoms with Crippen LogP contribution in [0.5, 0.6) is 0 Å². The average molecular weight is 162 g/mol. The zero-order valence-electron chi connectivity index (χ0n) is 7.33. The summed E-state index contributed by atoms with van der Waals surface area (Å²) in [6, 6.07) is 2.05. The predicted octanol–water partition coefficient (Wildman–Crippen LogP) is 2.27. The Balaban J connectivity index is 3.88.